The summed E-state index contributed by atoms with van der Waals surface area (Å²) >= 11 is 0. The smallest absolute Gasteiger partial charge is 0.247 e. The van der Waals surface area contributed by atoms with Gasteiger partial charge in [-0.05, 0) is 48.4 Å². The molecule has 0 unspecified atom stereocenters. The molecule has 0 aliphatic carbocycles. The topological polar surface area (TPSA) is 83.6 Å². The summed E-state index contributed by atoms with van der Waals surface area (Å²) in [6.45, 7) is 8.76. The molecule has 6 nitrogen and oxygen atoms in total. The van der Waals surface area contributed by atoms with Gasteiger partial charge in [0.05, 0.1) is 4.90 Å². The fourth-order valence-electron chi connectivity index (χ4n) is 3.57. The maximum atomic E-state index is 12.9. The molecule has 0 spiro atoms. The van der Waals surface area contributed by atoms with Crippen molar-refractivity contribution >= 4 is 27.7 Å². The fraction of sp³-hybridized carbons (Fsp3) is 0.545. The van der Waals surface area contributed by atoms with E-state index in [1.165, 1.54) is 18.2 Å². The lowest BCUT2D eigenvalue weighted by Crippen LogP contribution is -2.61. The molecule has 1 fully saturated rings. The number of carbonyl (C=O) groups is 2. The molecule has 2 rings (SSSR count). The second-order valence-corrected chi connectivity index (χ2v) is 10.7. The van der Waals surface area contributed by atoms with Crippen LogP contribution < -0.4 is 5.32 Å². The molecule has 1 N–H and O–H groups in total. The van der Waals surface area contributed by atoms with Crippen LogP contribution in [-0.4, -0.2) is 50.0 Å². The van der Waals surface area contributed by atoms with Crippen molar-refractivity contribution in [2.24, 2.45) is 11.8 Å². The van der Waals surface area contributed by atoms with E-state index in [0.29, 0.717) is 18.9 Å². The summed E-state index contributed by atoms with van der Waals surface area (Å²) in [4.78, 5) is 27.5. The van der Waals surface area contributed by atoms with Gasteiger partial charge in [0.2, 0.25) is 11.8 Å². The number of hydrogen-bond donors (Lipinski definition) is 1. The quantitative estimate of drug-likeness (QED) is 0.688. The van der Waals surface area contributed by atoms with E-state index in [-0.39, 0.29) is 28.7 Å². The molecule has 1 aromatic carbocycles. The van der Waals surface area contributed by atoms with Crippen molar-refractivity contribution in [3.63, 3.8) is 0 Å². The van der Waals surface area contributed by atoms with Crippen molar-refractivity contribution in [2.45, 2.75) is 57.5 Å². The Labute approximate surface area is 174 Å². The second kappa shape index (κ2) is 9.57. The highest BCUT2D eigenvalue weighted by atomic mass is 32.2. The maximum absolute atomic E-state index is 12.9. The third-order valence-corrected chi connectivity index (χ3v) is 6.03. The van der Waals surface area contributed by atoms with Crippen LogP contribution in [0.3, 0.4) is 0 Å². The lowest BCUT2D eigenvalue weighted by atomic mass is 9.95. The molecule has 1 saturated heterocycles. The number of carbonyl (C=O) groups excluding carboxylic acids is 2. The lowest BCUT2D eigenvalue weighted by Gasteiger charge is -2.40. The molecule has 0 bridgehead atoms. The maximum Gasteiger partial charge on any atom is 0.247 e. The molecule has 2 amide bonds. The van der Waals surface area contributed by atoms with Crippen molar-refractivity contribution in [3.8, 4) is 0 Å². The van der Waals surface area contributed by atoms with Crippen molar-refractivity contribution in [3.05, 3.63) is 35.9 Å². The first-order chi connectivity index (χ1) is 13.5. The third-order valence-electron chi connectivity index (χ3n) is 4.90. The molecule has 29 heavy (non-hydrogen) atoms. The van der Waals surface area contributed by atoms with E-state index in [2.05, 4.69) is 19.2 Å². The molecule has 160 valence electrons. The fourth-order valence-corrected chi connectivity index (χ4v) is 4.20. The van der Waals surface area contributed by atoms with Crippen LogP contribution in [0.2, 0.25) is 0 Å². The zero-order chi connectivity index (χ0) is 21.8. The first kappa shape index (κ1) is 23.1. The summed E-state index contributed by atoms with van der Waals surface area (Å²) in [5.41, 5.74) is 0.728. The highest BCUT2D eigenvalue weighted by molar-refractivity contribution is 7.90. The van der Waals surface area contributed by atoms with Crippen molar-refractivity contribution < 1.29 is 18.0 Å². The summed E-state index contributed by atoms with van der Waals surface area (Å²) in [7, 11) is -3.25. The minimum Gasteiger partial charge on any atom is -0.350 e. The normalized spacial score (nSPS) is 20.5. The van der Waals surface area contributed by atoms with Crippen LogP contribution in [0.25, 0.3) is 6.08 Å². The van der Waals surface area contributed by atoms with Crippen molar-refractivity contribution in [1.82, 2.24) is 10.2 Å². The van der Waals surface area contributed by atoms with Gasteiger partial charge in [0.1, 0.15) is 6.04 Å². The van der Waals surface area contributed by atoms with Crippen LogP contribution in [0.4, 0.5) is 0 Å². The van der Waals surface area contributed by atoms with E-state index < -0.39 is 15.9 Å². The number of benzene rings is 1. The van der Waals surface area contributed by atoms with Crippen molar-refractivity contribution in [2.75, 3.05) is 12.8 Å². The lowest BCUT2D eigenvalue weighted by molar-refractivity contribution is -0.142. The molecular weight excluding hydrogens is 388 g/mol. The predicted molar refractivity (Wildman–Crippen MR) is 115 cm³/mol. The summed E-state index contributed by atoms with van der Waals surface area (Å²) in [5.74, 6) is 0.416. The Kier molecular flexibility index (Phi) is 7.63. The van der Waals surface area contributed by atoms with Crippen LogP contribution in [0.5, 0.6) is 0 Å². The van der Waals surface area contributed by atoms with Gasteiger partial charge in [-0.1, -0.05) is 39.8 Å². The zero-order valence-electron chi connectivity index (χ0n) is 17.9. The molecule has 1 aliphatic heterocycles. The van der Waals surface area contributed by atoms with Gasteiger partial charge in [-0.3, -0.25) is 9.59 Å². The van der Waals surface area contributed by atoms with Gasteiger partial charge in [0.25, 0.3) is 0 Å². The zero-order valence-corrected chi connectivity index (χ0v) is 18.7. The first-order valence-corrected chi connectivity index (χ1v) is 12.0. The summed E-state index contributed by atoms with van der Waals surface area (Å²) in [6, 6.07) is 5.86. The highest BCUT2D eigenvalue weighted by Crippen LogP contribution is 2.20. The largest absolute Gasteiger partial charge is 0.350 e. The molecule has 1 aromatic rings. The van der Waals surface area contributed by atoms with E-state index >= 15 is 0 Å². The average Bonchev–Trinajstić information content (AvgIpc) is 2.60. The highest BCUT2D eigenvalue weighted by Gasteiger charge is 2.36. The van der Waals surface area contributed by atoms with Gasteiger partial charge in [-0.15, -0.1) is 0 Å². The number of rotatable bonds is 7. The number of piperazine rings is 1. The average molecular weight is 421 g/mol. The van der Waals surface area contributed by atoms with E-state index in [1.807, 2.05) is 13.8 Å². The minimum absolute atomic E-state index is 0.0442. The van der Waals surface area contributed by atoms with Crippen LogP contribution in [0, 0.1) is 11.8 Å². The van der Waals surface area contributed by atoms with Crippen LogP contribution >= 0.6 is 0 Å². The number of amides is 2. The van der Waals surface area contributed by atoms with Crippen LogP contribution in [0.15, 0.2) is 35.2 Å². The standard InChI is InChI=1S/C22H32N2O4S/c1-15(2)12-18-14-24(20(13-16(3)4)22(26)23-18)21(25)11-8-17-6-9-19(10-7-17)29(5,27)28/h6-11,15-16,18,20H,12-14H2,1-5H3,(H,23,26)/b11-8+/t18-,20-/m0/s1. The molecule has 1 heterocycles. The van der Waals surface area contributed by atoms with E-state index in [4.69, 9.17) is 0 Å². The van der Waals surface area contributed by atoms with Gasteiger partial charge >= 0.3 is 0 Å². The Bertz CT molecular complexity index is 857. The molecule has 0 saturated carbocycles. The van der Waals surface area contributed by atoms with Gasteiger partial charge in [0, 0.05) is 24.9 Å². The SMILES string of the molecule is CC(C)C[C@H]1CN(C(=O)/C=C/c2ccc(S(C)(=O)=O)cc2)[C@@H](CC(C)C)C(=O)N1. The number of sulfone groups is 1. The summed E-state index contributed by atoms with van der Waals surface area (Å²) in [5, 5.41) is 3.07. The summed E-state index contributed by atoms with van der Waals surface area (Å²) < 4.78 is 23.1. The molecular formula is C22H32N2O4S. The number of hydrogen-bond acceptors (Lipinski definition) is 4. The van der Waals surface area contributed by atoms with Gasteiger partial charge in [-0.25, -0.2) is 8.42 Å². The Hall–Kier alpha value is -2.15. The molecule has 1 aliphatic rings. The van der Waals surface area contributed by atoms with E-state index in [9.17, 15) is 18.0 Å². The Morgan fingerprint density at radius 2 is 1.72 bits per heavy atom. The summed E-state index contributed by atoms with van der Waals surface area (Å²) in [6.07, 6.45) is 5.72. The molecule has 2 atom stereocenters. The van der Waals surface area contributed by atoms with Crippen LogP contribution in [-0.2, 0) is 19.4 Å². The molecule has 7 heteroatoms. The van der Waals surface area contributed by atoms with E-state index in [0.717, 1.165) is 18.2 Å². The van der Waals surface area contributed by atoms with E-state index in [1.54, 1.807) is 23.1 Å². The Morgan fingerprint density at radius 3 is 2.24 bits per heavy atom. The van der Waals surface area contributed by atoms with Crippen molar-refractivity contribution in [1.29, 1.82) is 0 Å². The third kappa shape index (κ3) is 6.70. The van der Waals surface area contributed by atoms with Gasteiger partial charge in [-0.2, -0.15) is 0 Å². The monoisotopic (exact) mass is 420 g/mol. The van der Waals surface area contributed by atoms with Crippen LogP contribution in [0.1, 0.15) is 46.1 Å². The Morgan fingerprint density at radius 1 is 1.14 bits per heavy atom. The first-order valence-electron chi connectivity index (χ1n) is 10.1. The predicted octanol–water partition coefficient (Wildman–Crippen LogP) is 2.89. The number of nitrogens with one attached hydrogen (secondary N) is 1. The van der Waals surface area contributed by atoms with Gasteiger partial charge < -0.3 is 10.2 Å². The van der Waals surface area contributed by atoms with Gasteiger partial charge in [0.15, 0.2) is 9.84 Å². The number of nitrogens with zero attached hydrogens (tertiary/aromatic N) is 1. The molecule has 0 aromatic heterocycles. The minimum atomic E-state index is -3.25. The Balaban J connectivity index is 2.18. The molecule has 0 radical (unpaired) electrons. The second-order valence-electron chi connectivity index (χ2n) is 8.65.